The van der Waals surface area contributed by atoms with E-state index in [0.29, 0.717) is 28.6 Å². The molecule has 8 nitrogen and oxygen atoms in total. The molecular weight excluding hydrogens is 236 g/mol. The Kier molecular flexibility index (Phi) is 2.50. The minimum Gasteiger partial charge on any atom is -0.390 e. The molecule has 0 bridgehead atoms. The Morgan fingerprint density at radius 2 is 2.22 bits per heavy atom. The molecule has 0 saturated carbocycles. The second-order valence-corrected chi connectivity index (χ2v) is 3.65. The smallest absolute Gasteiger partial charge is 0.187 e. The number of nitrogens with two attached hydrogens (primary N) is 1. The largest absolute Gasteiger partial charge is 0.390 e. The van der Waals surface area contributed by atoms with Crippen LogP contribution in [0.15, 0.2) is 22.7 Å². The zero-order valence-electron chi connectivity index (χ0n) is 9.32. The maximum absolute atomic E-state index is 8.93. The number of aromatic nitrogens is 5. The van der Waals surface area contributed by atoms with E-state index >= 15 is 0 Å². The van der Waals surface area contributed by atoms with Crippen LogP contribution in [0.1, 0.15) is 11.5 Å². The summed E-state index contributed by atoms with van der Waals surface area (Å²) in [6, 6.07) is 5.13. The molecule has 3 rings (SSSR count). The second kappa shape index (κ2) is 4.17. The summed E-state index contributed by atoms with van der Waals surface area (Å²) in [6.45, 7) is 0.0718. The monoisotopic (exact) mass is 246 g/mol. The van der Waals surface area contributed by atoms with Crippen LogP contribution >= 0.6 is 0 Å². The van der Waals surface area contributed by atoms with Crippen molar-refractivity contribution in [3.8, 4) is 11.5 Å². The lowest BCUT2D eigenvalue weighted by Crippen LogP contribution is -2.05. The van der Waals surface area contributed by atoms with Crippen LogP contribution in [0.3, 0.4) is 0 Å². The third-order valence-electron chi connectivity index (χ3n) is 2.48. The average molecular weight is 246 g/mol. The van der Waals surface area contributed by atoms with Gasteiger partial charge in [0.05, 0.1) is 13.2 Å². The van der Waals surface area contributed by atoms with E-state index in [-0.39, 0.29) is 13.2 Å². The predicted octanol–water partition coefficient (Wildman–Crippen LogP) is -0.270. The van der Waals surface area contributed by atoms with Crippen LogP contribution in [0.2, 0.25) is 0 Å². The van der Waals surface area contributed by atoms with E-state index in [1.807, 2.05) is 0 Å². The van der Waals surface area contributed by atoms with Gasteiger partial charge in [0.15, 0.2) is 17.2 Å². The molecule has 0 aromatic carbocycles. The summed E-state index contributed by atoms with van der Waals surface area (Å²) in [5.74, 6) is 1.03. The number of aliphatic hydroxyl groups is 1. The van der Waals surface area contributed by atoms with E-state index < -0.39 is 0 Å². The molecule has 0 saturated heterocycles. The first-order valence-electron chi connectivity index (χ1n) is 5.30. The maximum atomic E-state index is 8.93. The van der Waals surface area contributed by atoms with Gasteiger partial charge in [-0.3, -0.25) is 0 Å². The van der Waals surface area contributed by atoms with Gasteiger partial charge in [-0.25, -0.2) is 0 Å². The lowest BCUT2D eigenvalue weighted by molar-refractivity contribution is 0.267. The first kappa shape index (κ1) is 10.8. The number of fused-ring (bicyclic) bond motifs is 1. The minimum absolute atomic E-state index is 0.174. The van der Waals surface area contributed by atoms with E-state index in [1.165, 1.54) is 0 Å². The third-order valence-corrected chi connectivity index (χ3v) is 2.48. The van der Waals surface area contributed by atoms with E-state index in [2.05, 4.69) is 20.5 Å². The molecule has 8 heteroatoms. The third kappa shape index (κ3) is 1.63. The summed E-state index contributed by atoms with van der Waals surface area (Å²) in [6.07, 6.45) is 0. The van der Waals surface area contributed by atoms with Crippen LogP contribution in [0, 0.1) is 0 Å². The maximum Gasteiger partial charge on any atom is 0.187 e. The highest BCUT2D eigenvalue weighted by Crippen LogP contribution is 2.18. The van der Waals surface area contributed by atoms with Crippen LogP contribution in [0.5, 0.6) is 0 Å². The van der Waals surface area contributed by atoms with Gasteiger partial charge in [-0.2, -0.15) is 9.61 Å². The topological polar surface area (TPSA) is 115 Å². The zero-order valence-corrected chi connectivity index (χ0v) is 9.32. The molecule has 3 aromatic heterocycles. The quantitative estimate of drug-likeness (QED) is 0.653. The lowest BCUT2D eigenvalue weighted by atomic mass is 10.3. The number of hydrogen-bond acceptors (Lipinski definition) is 7. The van der Waals surface area contributed by atoms with Gasteiger partial charge in [0, 0.05) is 6.07 Å². The van der Waals surface area contributed by atoms with Crippen molar-refractivity contribution in [2.45, 2.75) is 13.2 Å². The van der Waals surface area contributed by atoms with Crippen molar-refractivity contribution in [1.29, 1.82) is 0 Å². The number of nitrogens with zero attached hydrogens (tertiary/aromatic N) is 5. The second-order valence-electron chi connectivity index (χ2n) is 3.65. The van der Waals surface area contributed by atoms with E-state index in [1.54, 1.807) is 22.7 Å². The van der Waals surface area contributed by atoms with Crippen LogP contribution in [-0.4, -0.2) is 30.1 Å². The van der Waals surface area contributed by atoms with Gasteiger partial charge in [-0.15, -0.1) is 10.2 Å². The molecule has 18 heavy (non-hydrogen) atoms. The van der Waals surface area contributed by atoms with E-state index in [9.17, 15) is 0 Å². The van der Waals surface area contributed by atoms with Gasteiger partial charge in [0.1, 0.15) is 11.4 Å². The fraction of sp³-hybridized carbons (Fsp3) is 0.200. The highest BCUT2D eigenvalue weighted by atomic mass is 16.5. The summed E-state index contributed by atoms with van der Waals surface area (Å²) in [5, 5.41) is 24.8. The Morgan fingerprint density at radius 3 is 2.94 bits per heavy atom. The standard InChI is InChI=1S/C10H10N6O2/c11-4-10-13-12-9-2-1-7(14-16(9)10)8-3-6(5-17)15-18-8/h1-3,17H,4-5,11H2. The van der Waals surface area contributed by atoms with Crippen molar-refractivity contribution >= 4 is 5.65 Å². The molecule has 3 N–H and O–H groups in total. The van der Waals surface area contributed by atoms with Crippen molar-refractivity contribution in [1.82, 2.24) is 25.0 Å². The molecule has 0 aliphatic rings. The van der Waals surface area contributed by atoms with Crippen molar-refractivity contribution in [3.63, 3.8) is 0 Å². The molecule has 3 aromatic rings. The summed E-state index contributed by atoms with van der Waals surface area (Å²) >= 11 is 0. The lowest BCUT2D eigenvalue weighted by Gasteiger charge is -1.97. The molecule has 0 amide bonds. The van der Waals surface area contributed by atoms with Crippen molar-refractivity contribution < 1.29 is 9.63 Å². The zero-order chi connectivity index (χ0) is 12.5. The number of hydrogen-bond donors (Lipinski definition) is 2. The van der Waals surface area contributed by atoms with Crippen molar-refractivity contribution in [3.05, 3.63) is 29.7 Å². The molecule has 0 radical (unpaired) electrons. The molecule has 0 unspecified atom stereocenters. The van der Waals surface area contributed by atoms with Crippen molar-refractivity contribution in [2.24, 2.45) is 5.73 Å². The minimum atomic E-state index is -0.174. The van der Waals surface area contributed by atoms with Gasteiger partial charge < -0.3 is 15.4 Å². The fourth-order valence-corrected chi connectivity index (χ4v) is 1.60. The highest BCUT2D eigenvalue weighted by molar-refractivity contribution is 5.54. The summed E-state index contributed by atoms with van der Waals surface area (Å²) in [5.41, 5.74) is 7.18. The van der Waals surface area contributed by atoms with Gasteiger partial charge in [0.2, 0.25) is 0 Å². The summed E-state index contributed by atoms with van der Waals surface area (Å²) in [4.78, 5) is 0. The highest BCUT2D eigenvalue weighted by Gasteiger charge is 2.11. The Bertz CT molecular complexity index is 689. The summed E-state index contributed by atoms with van der Waals surface area (Å²) < 4.78 is 6.63. The molecule has 92 valence electrons. The van der Waals surface area contributed by atoms with Gasteiger partial charge >= 0.3 is 0 Å². The number of aliphatic hydroxyl groups excluding tert-OH is 1. The van der Waals surface area contributed by atoms with Gasteiger partial charge in [-0.1, -0.05) is 5.16 Å². The molecule has 0 aliphatic heterocycles. The van der Waals surface area contributed by atoms with Crippen LogP contribution in [-0.2, 0) is 13.2 Å². The van der Waals surface area contributed by atoms with Crippen LogP contribution < -0.4 is 5.73 Å². The van der Waals surface area contributed by atoms with Gasteiger partial charge in [-0.05, 0) is 12.1 Å². The Hall–Kier alpha value is -2.32. The molecule has 0 atom stereocenters. The number of rotatable bonds is 3. The predicted molar refractivity (Wildman–Crippen MR) is 60.1 cm³/mol. The summed E-state index contributed by atoms with van der Waals surface area (Å²) in [7, 11) is 0. The van der Waals surface area contributed by atoms with E-state index in [0.717, 1.165) is 0 Å². The SMILES string of the molecule is NCc1nnc2ccc(-c3cc(CO)no3)nn12. The first-order valence-corrected chi connectivity index (χ1v) is 5.30. The fourth-order valence-electron chi connectivity index (χ4n) is 1.60. The molecule has 0 fully saturated rings. The molecular formula is C10H10N6O2. The molecule has 3 heterocycles. The average Bonchev–Trinajstić information content (AvgIpc) is 3.04. The Labute approximate surface area is 101 Å². The van der Waals surface area contributed by atoms with Gasteiger partial charge in [0.25, 0.3) is 0 Å². The van der Waals surface area contributed by atoms with Crippen LogP contribution in [0.25, 0.3) is 17.1 Å². The Morgan fingerprint density at radius 1 is 1.33 bits per heavy atom. The van der Waals surface area contributed by atoms with Crippen LogP contribution in [0.4, 0.5) is 0 Å². The molecule has 0 aliphatic carbocycles. The normalized spacial score (nSPS) is 11.2. The Balaban J connectivity index is 2.11. The molecule has 0 spiro atoms. The van der Waals surface area contributed by atoms with Crippen molar-refractivity contribution in [2.75, 3.05) is 0 Å². The first-order chi connectivity index (χ1) is 8.81. The van der Waals surface area contributed by atoms with E-state index in [4.69, 9.17) is 15.4 Å².